The van der Waals surface area contributed by atoms with Gasteiger partial charge in [0.2, 0.25) is 5.82 Å². The van der Waals surface area contributed by atoms with E-state index in [4.69, 9.17) is 0 Å². The van der Waals surface area contributed by atoms with Crippen LogP contribution in [0.15, 0.2) is 59.7 Å². The number of benzene rings is 2. The lowest BCUT2D eigenvalue weighted by molar-refractivity contribution is -0.122. The SMILES string of the molecule is O=C(Cn1nnc(-c2ccccc2)n1)N/N=C1\CCc2ccccc21. The Hall–Kier alpha value is -3.35. The quantitative estimate of drug-likeness (QED) is 0.738. The van der Waals surface area contributed by atoms with Crippen molar-refractivity contribution in [2.75, 3.05) is 0 Å². The lowest BCUT2D eigenvalue weighted by atomic mass is 10.1. The first-order valence-electron chi connectivity index (χ1n) is 8.06. The van der Waals surface area contributed by atoms with Crippen molar-refractivity contribution < 1.29 is 4.79 Å². The molecule has 0 atom stereocenters. The molecular weight excluding hydrogens is 316 g/mol. The highest BCUT2D eigenvalue weighted by molar-refractivity contribution is 6.04. The molecule has 3 aromatic rings. The van der Waals surface area contributed by atoms with Crippen molar-refractivity contribution in [3.63, 3.8) is 0 Å². The zero-order chi connectivity index (χ0) is 17.1. The van der Waals surface area contributed by atoms with Gasteiger partial charge in [0.15, 0.2) is 0 Å². The Bertz CT molecular complexity index is 932. The van der Waals surface area contributed by atoms with Gasteiger partial charge in [-0.15, -0.1) is 10.2 Å². The van der Waals surface area contributed by atoms with Crippen LogP contribution in [0.1, 0.15) is 17.5 Å². The van der Waals surface area contributed by atoms with Gasteiger partial charge >= 0.3 is 0 Å². The van der Waals surface area contributed by atoms with Gasteiger partial charge < -0.3 is 0 Å². The topological polar surface area (TPSA) is 85.1 Å². The zero-order valence-electron chi connectivity index (χ0n) is 13.5. The van der Waals surface area contributed by atoms with Crippen LogP contribution in [0.5, 0.6) is 0 Å². The summed E-state index contributed by atoms with van der Waals surface area (Å²) in [5, 5.41) is 16.4. The third-order valence-corrected chi connectivity index (χ3v) is 4.04. The van der Waals surface area contributed by atoms with Crippen molar-refractivity contribution in [3.05, 3.63) is 65.7 Å². The minimum Gasteiger partial charge on any atom is -0.271 e. The van der Waals surface area contributed by atoms with Gasteiger partial charge in [-0.25, -0.2) is 5.43 Å². The maximum Gasteiger partial charge on any atom is 0.263 e. The van der Waals surface area contributed by atoms with Gasteiger partial charge in [0.1, 0.15) is 6.54 Å². The van der Waals surface area contributed by atoms with E-state index in [2.05, 4.69) is 32.0 Å². The van der Waals surface area contributed by atoms with E-state index in [1.54, 1.807) is 0 Å². The molecule has 0 saturated carbocycles. The van der Waals surface area contributed by atoms with Gasteiger partial charge in [-0.3, -0.25) is 4.79 Å². The summed E-state index contributed by atoms with van der Waals surface area (Å²) in [5.41, 5.74) is 6.71. The molecule has 1 aromatic heterocycles. The third kappa shape index (κ3) is 3.30. The maximum atomic E-state index is 12.1. The molecule has 0 radical (unpaired) electrons. The van der Waals surface area contributed by atoms with Crippen molar-refractivity contribution in [3.8, 4) is 11.4 Å². The summed E-state index contributed by atoms with van der Waals surface area (Å²) < 4.78 is 0. The molecule has 2 aromatic carbocycles. The number of carbonyl (C=O) groups is 1. The minimum absolute atomic E-state index is 0.0295. The molecule has 4 rings (SSSR count). The Balaban J connectivity index is 1.40. The summed E-state index contributed by atoms with van der Waals surface area (Å²) >= 11 is 0. The van der Waals surface area contributed by atoms with Crippen molar-refractivity contribution >= 4 is 11.6 Å². The number of rotatable bonds is 4. The van der Waals surface area contributed by atoms with E-state index >= 15 is 0 Å². The highest BCUT2D eigenvalue weighted by Crippen LogP contribution is 2.21. The van der Waals surface area contributed by atoms with Gasteiger partial charge in [0.25, 0.3) is 5.91 Å². The number of tetrazole rings is 1. The lowest BCUT2D eigenvalue weighted by Crippen LogP contribution is -2.25. The molecule has 7 heteroatoms. The predicted molar refractivity (Wildman–Crippen MR) is 92.7 cm³/mol. The second kappa shape index (κ2) is 6.64. The molecule has 0 unspecified atom stereocenters. The Morgan fingerprint density at radius 3 is 2.76 bits per heavy atom. The van der Waals surface area contributed by atoms with Crippen molar-refractivity contribution in [1.29, 1.82) is 0 Å². The number of hydrazone groups is 1. The summed E-state index contributed by atoms with van der Waals surface area (Å²) in [6.07, 6.45) is 1.79. The van der Waals surface area contributed by atoms with Crippen LogP contribution in [0.3, 0.4) is 0 Å². The average Bonchev–Trinajstić information content (AvgIpc) is 3.28. The van der Waals surface area contributed by atoms with Crippen molar-refractivity contribution in [2.45, 2.75) is 19.4 Å². The Kier molecular flexibility index (Phi) is 4.04. The first-order valence-corrected chi connectivity index (χ1v) is 8.06. The number of aryl methyl sites for hydroxylation is 1. The molecule has 1 aliphatic rings. The van der Waals surface area contributed by atoms with E-state index in [9.17, 15) is 4.79 Å². The Labute approximate surface area is 144 Å². The molecule has 0 saturated heterocycles. The summed E-state index contributed by atoms with van der Waals surface area (Å²) in [4.78, 5) is 13.3. The Morgan fingerprint density at radius 1 is 1.08 bits per heavy atom. The van der Waals surface area contributed by atoms with Crippen LogP contribution in [0.25, 0.3) is 11.4 Å². The number of hydrogen-bond donors (Lipinski definition) is 1. The van der Waals surface area contributed by atoms with Gasteiger partial charge in [-0.2, -0.15) is 9.90 Å². The van der Waals surface area contributed by atoms with Crippen LogP contribution in [-0.2, 0) is 17.8 Å². The normalized spacial score (nSPS) is 14.5. The van der Waals surface area contributed by atoms with E-state index in [-0.39, 0.29) is 12.5 Å². The fraction of sp³-hybridized carbons (Fsp3) is 0.167. The van der Waals surface area contributed by atoms with E-state index in [1.807, 2.05) is 48.5 Å². The molecule has 1 heterocycles. The average molecular weight is 332 g/mol. The van der Waals surface area contributed by atoms with Crippen LogP contribution in [0, 0.1) is 0 Å². The molecule has 25 heavy (non-hydrogen) atoms. The fourth-order valence-corrected chi connectivity index (χ4v) is 2.83. The highest BCUT2D eigenvalue weighted by Gasteiger charge is 2.17. The number of nitrogens with one attached hydrogen (secondary N) is 1. The number of fused-ring (bicyclic) bond motifs is 1. The second-order valence-corrected chi connectivity index (χ2v) is 5.76. The van der Waals surface area contributed by atoms with E-state index < -0.39 is 0 Å². The molecule has 7 nitrogen and oxygen atoms in total. The van der Waals surface area contributed by atoms with Crippen LogP contribution in [0.2, 0.25) is 0 Å². The van der Waals surface area contributed by atoms with Gasteiger partial charge in [0.05, 0.1) is 5.71 Å². The number of carbonyl (C=O) groups excluding carboxylic acids is 1. The van der Waals surface area contributed by atoms with Crippen LogP contribution in [-0.4, -0.2) is 31.8 Å². The Morgan fingerprint density at radius 2 is 1.88 bits per heavy atom. The number of hydrogen-bond acceptors (Lipinski definition) is 5. The third-order valence-electron chi connectivity index (χ3n) is 4.04. The largest absolute Gasteiger partial charge is 0.271 e. The first-order chi connectivity index (χ1) is 12.3. The minimum atomic E-state index is -0.283. The molecule has 1 aliphatic carbocycles. The predicted octanol–water partition coefficient (Wildman–Crippen LogP) is 1.81. The lowest BCUT2D eigenvalue weighted by Gasteiger charge is -2.02. The molecular formula is C18H16N6O. The standard InChI is InChI=1S/C18H16N6O/c25-17(20-19-16-11-10-13-6-4-5-9-15(13)16)12-24-22-18(21-23-24)14-7-2-1-3-8-14/h1-9H,10-12H2,(H,20,25)/b19-16+. The smallest absolute Gasteiger partial charge is 0.263 e. The summed E-state index contributed by atoms with van der Waals surface area (Å²) in [6.45, 7) is -0.0295. The van der Waals surface area contributed by atoms with Crippen molar-refractivity contribution in [2.24, 2.45) is 5.10 Å². The van der Waals surface area contributed by atoms with E-state index in [0.29, 0.717) is 5.82 Å². The maximum absolute atomic E-state index is 12.1. The van der Waals surface area contributed by atoms with Gasteiger partial charge in [-0.05, 0) is 23.6 Å². The molecule has 0 aliphatic heterocycles. The molecule has 124 valence electrons. The summed E-state index contributed by atoms with van der Waals surface area (Å²) in [6, 6.07) is 17.6. The second-order valence-electron chi connectivity index (χ2n) is 5.76. The molecule has 1 amide bonds. The van der Waals surface area contributed by atoms with Crippen LogP contribution in [0.4, 0.5) is 0 Å². The van der Waals surface area contributed by atoms with Crippen LogP contribution < -0.4 is 5.43 Å². The van der Waals surface area contributed by atoms with Gasteiger partial charge in [-0.1, -0.05) is 54.6 Å². The highest BCUT2D eigenvalue weighted by atomic mass is 16.2. The van der Waals surface area contributed by atoms with Gasteiger partial charge in [0, 0.05) is 11.1 Å². The van der Waals surface area contributed by atoms with Crippen molar-refractivity contribution in [1.82, 2.24) is 25.6 Å². The monoisotopic (exact) mass is 332 g/mol. The van der Waals surface area contributed by atoms with E-state index in [0.717, 1.165) is 29.7 Å². The molecule has 0 spiro atoms. The number of amides is 1. The summed E-state index contributed by atoms with van der Waals surface area (Å²) in [5.74, 6) is 0.207. The van der Waals surface area contributed by atoms with Crippen LogP contribution >= 0.6 is 0 Å². The molecule has 1 N–H and O–H groups in total. The van der Waals surface area contributed by atoms with E-state index in [1.165, 1.54) is 10.4 Å². The molecule has 0 bridgehead atoms. The zero-order valence-corrected chi connectivity index (χ0v) is 13.5. The fourth-order valence-electron chi connectivity index (χ4n) is 2.83. The number of aromatic nitrogens is 4. The number of nitrogens with zero attached hydrogens (tertiary/aromatic N) is 5. The molecule has 0 fully saturated rings. The first kappa shape index (κ1) is 15.2. The summed E-state index contributed by atoms with van der Waals surface area (Å²) in [7, 11) is 0.